The van der Waals surface area contributed by atoms with Gasteiger partial charge in [0.25, 0.3) is 0 Å². The van der Waals surface area contributed by atoms with Gasteiger partial charge in [-0.3, -0.25) is 9.59 Å². The Morgan fingerprint density at radius 2 is 1.88 bits per heavy atom. The van der Waals surface area contributed by atoms with E-state index in [2.05, 4.69) is 0 Å². The van der Waals surface area contributed by atoms with Crippen molar-refractivity contribution in [2.24, 2.45) is 5.73 Å². The molecule has 0 aliphatic carbocycles. The van der Waals surface area contributed by atoms with Crippen LogP contribution in [-0.2, 0) is 16.0 Å². The summed E-state index contributed by atoms with van der Waals surface area (Å²) in [6.07, 6.45) is 1.57. The van der Waals surface area contributed by atoms with E-state index in [-0.39, 0.29) is 12.2 Å². The summed E-state index contributed by atoms with van der Waals surface area (Å²) in [5.74, 6) is -1.21. The standard InChI is InChI=1S/C13H17NO3/c14-11(9-13(16)17)12(15)8-4-7-10-5-2-1-3-6-10/h1-3,5-6,11H,4,7-9,14H2,(H,16,17)/t11-/m0/s1. The lowest BCUT2D eigenvalue weighted by Crippen LogP contribution is -2.32. The van der Waals surface area contributed by atoms with Crippen molar-refractivity contribution in [3.8, 4) is 0 Å². The van der Waals surface area contributed by atoms with E-state index in [9.17, 15) is 9.59 Å². The Labute approximate surface area is 100 Å². The summed E-state index contributed by atoms with van der Waals surface area (Å²) in [4.78, 5) is 21.9. The van der Waals surface area contributed by atoms with Gasteiger partial charge in [-0.1, -0.05) is 30.3 Å². The zero-order valence-electron chi connectivity index (χ0n) is 9.63. The number of ketones is 1. The summed E-state index contributed by atoms with van der Waals surface area (Å²) in [6, 6.07) is 8.98. The molecule has 1 aromatic carbocycles. The molecule has 1 aromatic rings. The Morgan fingerprint density at radius 3 is 2.47 bits per heavy atom. The summed E-state index contributed by atoms with van der Waals surface area (Å²) < 4.78 is 0. The molecule has 0 bridgehead atoms. The molecule has 0 aliphatic heterocycles. The average Bonchev–Trinajstić information content (AvgIpc) is 2.29. The summed E-state index contributed by atoms with van der Waals surface area (Å²) in [5.41, 5.74) is 6.64. The molecule has 1 rings (SSSR count). The van der Waals surface area contributed by atoms with Gasteiger partial charge in [0.1, 0.15) is 5.78 Å². The monoisotopic (exact) mass is 235 g/mol. The molecular weight excluding hydrogens is 218 g/mol. The predicted molar refractivity (Wildman–Crippen MR) is 64.6 cm³/mol. The molecule has 4 nitrogen and oxygen atoms in total. The maximum atomic E-state index is 11.5. The zero-order chi connectivity index (χ0) is 12.7. The van der Waals surface area contributed by atoms with Gasteiger partial charge < -0.3 is 10.8 Å². The lowest BCUT2D eigenvalue weighted by Gasteiger charge is -2.07. The number of carboxylic acid groups (broad SMARTS) is 1. The van der Waals surface area contributed by atoms with Crippen LogP contribution in [0.2, 0.25) is 0 Å². The predicted octanol–water partition coefficient (Wildman–Crippen LogP) is 1.38. The molecule has 0 saturated carbocycles. The number of aliphatic carboxylic acids is 1. The average molecular weight is 235 g/mol. The molecule has 4 heteroatoms. The van der Waals surface area contributed by atoms with Crippen LogP contribution in [0.3, 0.4) is 0 Å². The van der Waals surface area contributed by atoms with Crippen molar-refractivity contribution >= 4 is 11.8 Å². The second-order valence-electron chi connectivity index (χ2n) is 4.01. The molecule has 92 valence electrons. The quantitative estimate of drug-likeness (QED) is 0.748. The van der Waals surface area contributed by atoms with Crippen molar-refractivity contribution in [1.82, 2.24) is 0 Å². The van der Waals surface area contributed by atoms with E-state index in [4.69, 9.17) is 10.8 Å². The van der Waals surface area contributed by atoms with Crippen LogP contribution in [0.15, 0.2) is 30.3 Å². The number of carbonyl (C=O) groups excluding carboxylic acids is 1. The third-order valence-corrected chi connectivity index (χ3v) is 2.54. The van der Waals surface area contributed by atoms with Gasteiger partial charge in [0.15, 0.2) is 0 Å². The van der Waals surface area contributed by atoms with Crippen molar-refractivity contribution in [3.05, 3.63) is 35.9 Å². The molecule has 0 fully saturated rings. The fraction of sp³-hybridized carbons (Fsp3) is 0.385. The van der Waals surface area contributed by atoms with Gasteiger partial charge in [0.05, 0.1) is 12.5 Å². The highest BCUT2D eigenvalue weighted by Crippen LogP contribution is 2.06. The summed E-state index contributed by atoms with van der Waals surface area (Å²) in [7, 11) is 0. The zero-order valence-corrected chi connectivity index (χ0v) is 9.63. The van der Waals surface area contributed by atoms with E-state index < -0.39 is 12.0 Å². The fourth-order valence-corrected chi connectivity index (χ4v) is 1.60. The molecule has 17 heavy (non-hydrogen) atoms. The minimum absolute atomic E-state index is 0.177. The lowest BCUT2D eigenvalue weighted by molar-refractivity contribution is -0.139. The molecule has 1 atom stereocenters. The first-order chi connectivity index (χ1) is 8.09. The van der Waals surface area contributed by atoms with Crippen molar-refractivity contribution in [1.29, 1.82) is 0 Å². The van der Waals surface area contributed by atoms with Gasteiger partial charge in [-0.2, -0.15) is 0 Å². The Morgan fingerprint density at radius 1 is 1.24 bits per heavy atom. The van der Waals surface area contributed by atoms with Gasteiger partial charge >= 0.3 is 5.97 Å². The van der Waals surface area contributed by atoms with Crippen molar-refractivity contribution < 1.29 is 14.7 Å². The molecule has 0 amide bonds. The normalized spacial score (nSPS) is 12.1. The number of rotatable bonds is 7. The first kappa shape index (κ1) is 13.4. The van der Waals surface area contributed by atoms with Crippen LogP contribution in [0, 0.1) is 0 Å². The van der Waals surface area contributed by atoms with E-state index >= 15 is 0 Å². The van der Waals surface area contributed by atoms with Crippen LogP contribution in [0.1, 0.15) is 24.8 Å². The van der Waals surface area contributed by atoms with E-state index in [0.717, 1.165) is 6.42 Å². The number of carboxylic acids is 1. The highest BCUT2D eigenvalue weighted by atomic mass is 16.4. The fourth-order valence-electron chi connectivity index (χ4n) is 1.60. The Kier molecular flexibility index (Phi) is 5.36. The molecule has 0 aliphatic rings. The van der Waals surface area contributed by atoms with E-state index in [1.54, 1.807) is 0 Å². The SMILES string of the molecule is N[C@@H](CC(=O)O)C(=O)CCCc1ccccc1. The Hall–Kier alpha value is -1.68. The smallest absolute Gasteiger partial charge is 0.305 e. The van der Waals surface area contributed by atoms with Crippen molar-refractivity contribution in [2.75, 3.05) is 0 Å². The summed E-state index contributed by atoms with van der Waals surface area (Å²) in [5, 5.41) is 8.50. The molecule has 0 unspecified atom stereocenters. The summed E-state index contributed by atoms with van der Waals surface area (Å²) in [6.45, 7) is 0. The van der Waals surface area contributed by atoms with Crippen molar-refractivity contribution in [2.45, 2.75) is 31.7 Å². The van der Waals surface area contributed by atoms with Gasteiger partial charge in [0.2, 0.25) is 0 Å². The number of Topliss-reactive ketones (excluding diaryl/α,β-unsaturated/α-hetero) is 1. The van der Waals surface area contributed by atoms with Crippen molar-refractivity contribution in [3.63, 3.8) is 0 Å². The Bertz CT molecular complexity index is 376. The second-order valence-corrected chi connectivity index (χ2v) is 4.01. The molecule has 0 heterocycles. The van der Waals surface area contributed by atoms with Gasteiger partial charge in [-0.05, 0) is 18.4 Å². The third kappa shape index (κ3) is 5.26. The first-order valence-corrected chi connectivity index (χ1v) is 5.63. The maximum absolute atomic E-state index is 11.5. The number of aryl methyl sites for hydroxylation is 1. The molecular formula is C13H17NO3. The highest BCUT2D eigenvalue weighted by Gasteiger charge is 2.16. The number of benzene rings is 1. The number of nitrogens with two attached hydrogens (primary N) is 1. The lowest BCUT2D eigenvalue weighted by atomic mass is 10.0. The largest absolute Gasteiger partial charge is 0.481 e. The number of hydrogen-bond donors (Lipinski definition) is 2. The first-order valence-electron chi connectivity index (χ1n) is 5.63. The number of carbonyl (C=O) groups is 2. The van der Waals surface area contributed by atoms with Gasteiger partial charge in [-0.15, -0.1) is 0 Å². The maximum Gasteiger partial charge on any atom is 0.305 e. The minimum Gasteiger partial charge on any atom is -0.481 e. The van der Waals surface area contributed by atoms with Crippen LogP contribution >= 0.6 is 0 Å². The third-order valence-electron chi connectivity index (χ3n) is 2.54. The number of hydrogen-bond acceptors (Lipinski definition) is 3. The Balaban J connectivity index is 2.27. The van der Waals surface area contributed by atoms with E-state index in [0.29, 0.717) is 12.8 Å². The van der Waals surface area contributed by atoms with Crippen LogP contribution in [0.5, 0.6) is 0 Å². The van der Waals surface area contributed by atoms with Gasteiger partial charge in [-0.25, -0.2) is 0 Å². The van der Waals surface area contributed by atoms with Crippen LogP contribution in [-0.4, -0.2) is 22.9 Å². The minimum atomic E-state index is -1.03. The van der Waals surface area contributed by atoms with Gasteiger partial charge in [0, 0.05) is 6.42 Å². The topological polar surface area (TPSA) is 80.4 Å². The summed E-state index contributed by atoms with van der Waals surface area (Å²) >= 11 is 0. The van der Waals surface area contributed by atoms with Crippen LogP contribution in [0.25, 0.3) is 0 Å². The van der Waals surface area contributed by atoms with Crippen LogP contribution < -0.4 is 5.73 Å². The molecule has 3 N–H and O–H groups in total. The second kappa shape index (κ2) is 6.81. The molecule has 0 spiro atoms. The molecule has 0 saturated heterocycles. The molecule has 0 radical (unpaired) electrons. The highest BCUT2D eigenvalue weighted by molar-refractivity contribution is 5.87. The van der Waals surface area contributed by atoms with E-state index in [1.807, 2.05) is 30.3 Å². The molecule has 0 aromatic heterocycles. The van der Waals surface area contributed by atoms with Crippen LogP contribution in [0.4, 0.5) is 0 Å². The van der Waals surface area contributed by atoms with E-state index in [1.165, 1.54) is 5.56 Å².